The lowest BCUT2D eigenvalue weighted by molar-refractivity contribution is 0.0584. The summed E-state index contributed by atoms with van der Waals surface area (Å²) in [4.78, 5) is 27.0. The Labute approximate surface area is 215 Å². The van der Waals surface area contributed by atoms with Crippen LogP contribution in [-0.4, -0.2) is 47.1 Å². The van der Waals surface area contributed by atoms with Gasteiger partial charge in [-0.25, -0.2) is 4.79 Å². The largest absolute Gasteiger partial charge is 0.543 e. The molecule has 0 unspecified atom stereocenters. The number of carbonyl (C=O) groups excluding carboxylic acids is 2. The Morgan fingerprint density at radius 1 is 0.944 bits per heavy atom. The molecular formula is C28H39NO6Si. The van der Waals surface area contributed by atoms with Crippen LogP contribution in [0.15, 0.2) is 24.3 Å². The Kier molecular flexibility index (Phi) is 7.51. The summed E-state index contributed by atoms with van der Waals surface area (Å²) in [5, 5.41) is 0.00597. The highest BCUT2D eigenvalue weighted by molar-refractivity contribution is 6.74. The van der Waals surface area contributed by atoms with E-state index in [2.05, 4.69) is 33.9 Å². The molecule has 0 atom stereocenters. The Hall–Kier alpha value is -3.00. The van der Waals surface area contributed by atoms with Gasteiger partial charge in [0.15, 0.2) is 17.8 Å². The lowest BCUT2D eigenvalue weighted by atomic mass is 9.95. The molecule has 2 aromatic rings. The molecule has 0 aliphatic carbocycles. The second kappa shape index (κ2) is 9.80. The zero-order chi connectivity index (χ0) is 27.1. The summed E-state index contributed by atoms with van der Waals surface area (Å²) in [6, 6.07) is 7.38. The van der Waals surface area contributed by atoms with E-state index in [9.17, 15) is 9.59 Å². The normalized spacial score (nSPS) is 13.8. The fraction of sp³-hybridized carbons (Fsp3) is 0.500. The van der Waals surface area contributed by atoms with Crippen molar-refractivity contribution < 1.29 is 28.2 Å². The summed E-state index contributed by atoms with van der Waals surface area (Å²) in [5.41, 5.74) is 2.83. The summed E-state index contributed by atoms with van der Waals surface area (Å²) in [6.45, 7) is 17.0. The fourth-order valence-electron chi connectivity index (χ4n) is 3.96. The van der Waals surface area contributed by atoms with E-state index in [-0.39, 0.29) is 5.04 Å². The second-order valence-electron chi connectivity index (χ2n) is 11.6. The summed E-state index contributed by atoms with van der Waals surface area (Å²) in [7, 11) is 0.935. The topological polar surface area (TPSA) is 74.3 Å². The third-order valence-corrected chi connectivity index (χ3v) is 11.2. The van der Waals surface area contributed by atoms with Gasteiger partial charge in [0, 0.05) is 17.7 Å². The van der Waals surface area contributed by atoms with Crippen LogP contribution in [0.25, 0.3) is 11.1 Å². The number of benzene rings is 2. The minimum Gasteiger partial charge on any atom is -0.543 e. The van der Waals surface area contributed by atoms with Crippen molar-refractivity contribution in [2.24, 2.45) is 0 Å². The predicted molar refractivity (Wildman–Crippen MR) is 145 cm³/mol. The van der Waals surface area contributed by atoms with Gasteiger partial charge in [-0.15, -0.1) is 0 Å². The standard InChI is InChI=1S/C28H39NO6Si/c1-27(2,3)34-26(31)29-12-11-18-13-20(35-36(9,10)28(4,5)6)15-22(25(18)29)21-16-24(33-8)23(32-7)14-19(21)17-30/h13-17H,11-12H2,1-10H3. The number of fused-ring (bicyclic) bond motifs is 1. The molecule has 1 heterocycles. The van der Waals surface area contributed by atoms with Crippen LogP contribution in [0.4, 0.5) is 10.5 Å². The van der Waals surface area contributed by atoms with Crippen molar-refractivity contribution in [1.82, 2.24) is 0 Å². The number of aldehydes is 1. The fourth-order valence-corrected chi connectivity index (χ4v) is 4.97. The molecule has 196 valence electrons. The average Bonchev–Trinajstić information content (AvgIpc) is 3.19. The molecule has 0 spiro atoms. The van der Waals surface area contributed by atoms with Gasteiger partial charge in [-0.1, -0.05) is 20.8 Å². The molecule has 1 aliphatic rings. The third kappa shape index (κ3) is 5.53. The van der Waals surface area contributed by atoms with E-state index in [1.807, 2.05) is 32.9 Å². The molecule has 0 N–H and O–H groups in total. The first-order valence-electron chi connectivity index (χ1n) is 12.2. The van der Waals surface area contributed by atoms with Crippen LogP contribution in [0.2, 0.25) is 18.1 Å². The Morgan fingerprint density at radius 3 is 2.08 bits per heavy atom. The van der Waals surface area contributed by atoms with Crippen molar-refractivity contribution in [2.75, 3.05) is 25.7 Å². The first kappa shape index (κ1) is 27.6. The van der Waals surface area contributed by atoms with Gasteiger partial charge in [-0.05, 0) is 80.7 Å². The highest BCUT2D eigenvalue weighted by atomic mass is 28.4. The minimum absolute atomic E-state index is 0.00597. The first-order chi connectivity index (χ1) is 16.6. The van der Waals surface area contributed by atoms with Gasteiger partial charge < -0.3 is 18.6 Å². The van der Waals surface area contributed by atoms with E-state index in [0.29, 0.717) is 41.2 Å². The molecule has 8 heteroatoms. The second-order valence-corrected chi connectivity index (χ2v) is 16.4. The quantitative estimate of drug-likeness (QED) is 0.310. The van der Waals surface area contributed by atoms with Crippen molar-refractivity contribution in [3.05, 3.63) is 35.4 Å². The van der Waals surface area contributed by atoms with Gasteiger partial charge in [0.25, 0.3) is 0 Å². The lowest BCUT2D eigenvalue weighted by Gasteiger charge is -2.36. The van der Waals surface area contributed by atoms with Crippen LogP contribution in [0.3, 0.4) is 0 Å². The van der Waals surface area contributed by atoms with E-state index in [1.54, 1.807) is 24.1 Å². The number of ether oxygens (including phenoxy) is 3. The van der Waals surface area contributed by atoms with E-state index >= 15 is 0 Å². The number of carbonyl (C=O) groups is 2. The smallest absolute Gasteiger partial charge is 0.414 e. The van der Waals surface area contributed by atoms with Crippen LogP contribution < -0.4 is 18.8 Å². The highest BCUT2D eigenvalue weighted by Crippen LogP contribution is 2.46. The van der Waals surface area contributed by atoms with Gasteiger partial charge in [-0.3, -0.25) is 9.69 Å². The lowest BCUT2D eigenvalue weighted by Crippen LogP contribution is -2.43. The number of rotatable bonds is 6. The zero-order valence-corrected chi connectivity index (χ0v) is 24.2. The Bertz CT molecular complexity index is 1160. The molecule has 0 saturated carbocycles. The van der Waals surface area contributed by atoms with E-state index in [0.717, 1.165) is 23.3 Å². The number of methoxy groups -OCH3 is 2. The summed E-state index contributed by atoms with van der Waals surface area (Å²) >= 11 is 0. The highest BCUT2D eigenvalue weighted by Gasteiger charge is 2.40. The number of amides is 1. The van der Waals surface area contributed by atoms with Crippen molar-refractivity contribution in [2.45, 2.75) is 71.7 Å². The summed E-state index contributed by atoms with van der Waals surface area (Å²) < 4.78 is 23.3. The van der Waals surface area contributed by atoms with Crippen molar-refractivity contribution in [3.63, 3.8) is 0 Å². The SMILES string of the molecule is COc1cc(C=O)c(-c2cc(O[Si](C)(C)C(C)(C)C)cc3c2N(C(=O)OC(C)(C)C)CC3)cc1OC. The van der Waals surface area contributed by atoms with E-state index < -0.39 is 20.0 Å². The molecule has 0 saturated heterocycles. The average molecular weight is 514 g/mol. The molecule has 7 nitrogen and oxygen atoms in total. The summed E-state index contributed by atoms with van der Waals surface area (Å²) in [5.74, 6) is 1.68. The molecule has 3 rings (SSSR count). The van der Waals surface area contributed by atoms with Crippen LogP contribution in [0.5, 0.6) is 17.2 Å². The molecule has 0 radical (unpaired) electrons. The molecule has 1 aliphatic heterocycles. The number of hydrogen-bond donors (Lipinski definition) is 0. The van der Waals surface area contributed by atoms with Gasteiger partial charge in [-0.2, -0.15) is 0 Å². The summed E-state index contributed by atoms with van der Waals surface area (Å²) in [6.07, 6.45) is 1.02. The number of hydrogen-bond acceptors (Lipinski definition) is 6. The van der Waals surface area contributed by atoms with Gasteiger partial charge in [0.1, 0.15) is 11.4 Å². The minimum atomic E-state index is -2.15. The van der Waals surface area contributed by atoms with Crippen molar-refractivity contribution in [1.29, 1.82) is 0 Å². The zero-order valence-electron chi connectivity index (χ0n) is 23.2. The van der Waals surface area contributed by atoms with Gasteiger partial charge in [0.05, 0.1) is 19.9 Å². The van der Waals surface area contributed by atoms with Crippen LogP contribution >= 0.6 is 0 Å². The molecule has 0 bridgehead atoms. The molecule has 2 aromatic carbocycles. The van der Waals surface area contributed by atoms with Crippen molar-refractivity contribution in [3.8, 4) is 28.4 Å². The molecule has 0 aromatic heterocycles. The molecular weight excluding hydrogens is 474 g/mol. The van der Waals surface area contributed by atoms with E-state index in [1.165, 1.54) is 7.11 Å². The first-order valence-corrected chi connectivity index (χ1v) is 15.1. The maximum absolute atomic E-state index is 13.2. The van der Waals surface area contributed by atoms with Gasteiger partial charge >= 0.3 is 6.09 Å². The molecule has 0 fully saturated rings. The van der Waals surface area contributed by atoms with Crippen LogP contribution in [0.1, 0.15) is 57.5 Å². The van der Waals surface area contributed by atoms with Crippen molar-refractivity contribution >= 4 is 26.4 Å². The third-order valence-electron chi connectivity index (χ3n) is 6.80. The van der Waals surface area contributed by atoms with Gasteiger partial charge in [0.2, 0.25) is 8.32 Å². The Balaban J connectivity index is 2.27. The maximum atomic E-state index is 13.2. The predicted octanol–water partition coefficient (Wildman–Crippen LogP) is 6.86. The number of nitrogens with zero attached hydrogens (tertiary/aromatic N) is 1. The van der Waals surface area contributed by atoms with Crippen LogP contribution in [-0.2, 0) is 11.2 Å². The Morgan fingerprint density at radius 2 is 1.56 bits per heavy atom. The number of anilines is 1. The maximum Gasteiger partial charge on any atom is 0.414 e. The van der Waals surface area contributed by atoms with Crippen LogP contribution in [0, 0.1) is 0 Å². The molecule has 36 heavy (non-hydrogen) atoms. The van der Waals surface area contributed by atoms with E-state index in [4.69, 9.17) is 18.6 Å². The monoisotopic (exact) mass is 513 g/mol. The molecule has 1 amide bonds.